The summed E-state index contributed by atoms with van der Waals surface area (Å²) in [6.07, 6.45) is 4.82. The van der Waals surface area contributed by atoms with Crippen molar-refractivity contribution >= 4 is 17.7 Å². The molecule has 0 atom stereocenters. The zero-order chi connectivity index (χ0) is 15.2. The minimum absolute atomic E-state index is 0.101. The van der Waals surface area contributed by atoms with Gasteiger partial charge in [-0.05, 0) is 13.0 Å². The maximum absolute atomic E-state index is 11.0. The summed E-state index contributed by atoms with van der Waals surface area (Å²) in [4.78, 5) is 18.3. The van der Waals surface area contributed by atoms with Gasteiger partial charge in [-0.1, -0.05) is 30.4 Å². The molecule has 0 saturated carbocycles. The van der Waals surface area contributed by atoms with Gasteiger partial charge in [-0.25, -0.2) is 4.98 Å². The van der Waals surface area contributed by atoms with Gasteiger partial charge in [0, 0.05) is 12.6 Å². The highest BCUT2D eigenvalue weighted by Gasteiger charge is 2.20. The van der Waals surface area contributed by atoms with E-state index in [9.17, 15) is 10.1 Å². The van der Waals surface area contributed by atoms with E-state index >= 15 is 0 Å². The standard InChI is InChI=1S/C14H14N4O3/c1-3-6-10-7-4-5-8-12(10)21-13-11(18(19)20)9-16-14(15-2)17-13/h3-9H,1-2H3,(H,15,16,17)/b6-3+. The third-order valence-corrected chi connectivity index (χ3v) is 2.63. The number of ether oxygens (including phenoxy) is 1. The van der Waals surface area contributed by atoms with E-state index in [4.69, 9.17) is 4.74 Å². The summed E-state index contributed by atoms with van der Waals surface area (Å²) in [6.45, 7) is 1.88. The fraction of sp³-hybridized carbons (Fsp3) is 0.143. The molecule has 1 heterocycles. The largest absolute Gasteiger partial charge is 0.433 e. The minimum atomic E-state index is -0.576. The van der Waals surface area contributed by atoms with Crippen molar-refractivity contribution in [3.63, 3.8) is 0 Å². The van der Waals surface area contributed by atoms with Crippen LogP contribution in [0, 0.1) is 10.1 Å². The molecule has 21 heavy (non-hydrogen) atoms. The lowest BCUT2D eigenvalue weighted by Crippen LogP contribution is -2.02. The van der Waals surface area contributed by atoms with E-state index in [1.165, 1.54) is 0 Å². The van der Waals surface area contributed by atoms with E-state index in [0.29, 0.717) is 5.75 Å². The Morgan fingerprint density at radius 3 is 2.81 bits per heavy atom. The van der Waals surface area contributed by atoms with Crippen molar-refractivity contribution in [1.82, 2.24) is 9.97 Å². The second kappa shape index (κ2) is 6.47. The normalized spacial score (nSPS) is 10.6. The Morgan fingerprint density at radius 2 is 2.14 bits per heavy atom. The summed E-state index contributed by atoms with van der Waals surface area (Å²) in [7, 11) is 1.62. The van der Waals surface area contributed by atoms with Crippen LogP contribution in [0.15, 0.2) is 36.5 Å². The number of rotatable bonds is 5. The zero-order valence-electron chi connectivity index (χ0n) is 11.6. The molecular weight excluding hydrogens is 272 g/mol. The predicted octanol–water partition coefficient (Wildman–Crippen LogP) is 3.25. The average molecular weight is 286 g/mol. The summed E-state index contributed by atoms with van der Waals surface area (Å²) < 4.78 is 5.61. The Morgan fingerprint density at radius 1 is 1.38 bits per heavy atom. The van der Waals surface area contributed by atoms with Crippen molar-refractivity contribution in [3.05, 3.63) is 52.2 Å². The summed E-state index contributed by atoms with van der Waals surface area (Å²) in [5, 5.41) is 13.8. The lowest BCUT2D eigenvalue weighted by molar-refractivity contribution is -0.386. The van der Waals surface area contributed by atoms with Crippen molar-refractivity contribution in [2.45, 2.75) is 6.92 Å². The van der Waals surface area contributed by atoms with Crippen molar-refractivity contribution in [2.75, 3.05) is 12.4 Å². The third kappa shape index (κ3) is 3.33. The number of hydrogen-bond acceptors (Lipinski definition) is 6. The molecule has 0 unspecified atom stereocenters. The van der Waals surface area contributed by atoms with Crippen LogP contribution in [-0.4, -0.2) is 21.9 Å². The van der Waals surface area contributed by atoms with Gasteiger partial charge >= 0.3 is 11.6 Å². The maximum Gasteiger partial charge on any atom is 0.349 e. The van der Waals surface area contributed by atoms with E-state index in [1.807, 2.05) is 31.2 Å². The highest BCUT2D eigenvalue weighted by atomic mass is 16.6. The van der Waals surface area contributed by atoms with Crippen LogP contribution in [0.5, 0.6) is 11.6 Å². The van der Waals surface area contributed by atoms with Gasteiger partial charge in [-0.3, -0.25) is 10.1 Å². The SMILES string of the molecule is C/C=C/c1ccccc1Oc1nc(NC)ncc1[N+](=O)[O-]. The second-order valence-corrected chi connectivity index (χ2v) is 4.03. The summed E-state index contributed by atoms with van der Waals surface area (Å²) in [5.41, 5.74) is 0.517. The number of nitrogens with zero attached hydrogens (tertiary/aromatic N) is 3. The smallest absolute Gasteiger partial charge is 0.349 e. The number of anilines is 1. The number of allylic oxidation sites excluding steroid dienone is 1. The van der Waals surface area contributed by atoms with E-state index in [0.717, 1.165) is 11.8 Å². The Bertz CT molecular complexity index is 686. The first-order chi connectivity index (χ1) is 10.2. The van der Waals surface area contributed by atoms with E-state index in [2.05, 4.69) is 15.3 Å². The van der Waals surface area contributed by atoms with Gasteiger partial charge in [0.15, 0.2) is 0 Å². The van der Waals surface area contributed by atoms with E-state index in [1.54, 1.807) is 19.2 Å². The highest BCUT2D eigenvalue weighted by Crippen LogP contribution is 2.31. The highest BCUT2D eigenvalue weighted by molar-refractivity contribution is 5.58. The fourth-order valence-electron chi connectivity index (χ4n) is 1.68. The molecule has 0 aliphatic rings. The summed E-state index contributed by atoms with van der Waals surface area (Å²) in [5.74, 6) is 0.634. The van der Waals surface area contributed by atoms with Crippen LogP contribution in [0.3, 0.4) is 0 Å². The van der Waals surface area contributed by atoms with Crippen LogP contribution in [0.1, 0.15) is 12.5 Å². The van der Waals surface area contributed by atoms with Gasteiger partial charge < -0.3 is 10.1 Å². The van der Waals surface area contributed by atoms with Crippen molar-refractivity contribution in [2.24, 2.45) is 0 Å². The predicted molar refractivity (Wildman–Crippen MR) is 79.5 cm³/mol. The van der Waals surface area contributed by atoms with Crippen LogP contribution < -0.4 is 10.1 Å². The fourth-order valence-corrected chi connectivity index (χ4v) is 1.68. The van der Waals surface area contributed by atoms with Gasteiger partial charge in [0.25, 0.3) is 0 Å². The molecule has 0 saturated heterocycles. The summed E-state index contributed by atoms with van der Waals surface area (Å²) >= 11 is 0. The van der Waals surface area contributed by atoms with Gasteiger partial charge in [0.2, 0.25) is 5.95 Å². The van der Waals surface area contributed by atoms with E-state index < -0.39 is 4.92 Å². The van der Waals surface area contributed by atoms with Crippen LogP contribution in [-0.2, 0) is 0 Å². The topological polar surface area (TPSA) is 90.2 Å². The minimum Gasteiger partial charge on any atom is -0.433 e. The number of aromatic nitrogens is 2. The van der Waals surface area contributed by atoms with Crippen LogP contribution >= 0.6 is 0 Å². The monoisotopic (exact) mass is 286 g/mol. The molecule has 0 fully saturated rings. The van der Waals surface area contributed by atoms with Crippen molar-refractivity contribution in [3.8, 4) is 11.6 Å². The molecule has 0 aliphatic heterocycles. The van der Waals surface area contributed by atoms with Gasteiger partial charge in [-0.2, -0.15) is 4.98 Å². The number of hydrogen-bond donors (Lipinski definition) is 1. The molecule has 0 bridgehead atoms. The van der Waals surface area contributed by atoms with Crippen LogP contribution in [0.2, 0.25) is 0 Å². The first-order valence-corrected chi connectivity index (χ1v) is 6.24. The van der Waals surface area contributed by atoms with E-state index in [-0.39, 0.29) is 17.5 Å². The molecule has 7 heteroatoms. The molecule has 0 spiro atoms. The van der Waals surface area contributed by atoms with Crippen molar-refractivity contribution in [1.29, 1.82) is 0 Å². The zero-order valence-corrected chi connectivity index (χ0v) is 11.6. The van der Waals surface area contributed by atoms with Crippen LogP contribution in [0.4, 0.5) is 11.6 Å². The molecule has 7 nitrogen and oxygen atoms in total. The number of para-hydroxylation sites is 1. The van der Waals surface area contributed by atoms with Crippen molar-refractivity contribution < 1.29 is 9.66 Å². The lowest BCUT2D eigenvalue weighted by Gasteiger charge is -2.08. The third-order valence-electron chi connectivity index (χ3n) is 2.63. The van der Waals surface area contributed by atoms with Crippen LogP contribution in [0.25, 0.3) is 6.08 Å². The molecule has 2 rings (SSSR count). The molecule has 1 aromatic heterocycles. The summed E-state index contributed by atoms with van der Waals surface area (Å²) in [6, 6.07) is 7.21. The van der Waals surface area contributed by atoms with Gasteiger partial charge in [0.1, 0.15) is 11.9 Å². The Labute approximate surface area is 121 Å². The lowest BCUT2D eigenvalue weighted by atomic mass is 10.2. The molecule has 0 radical (unpaired) electrons. The quantitative estimate of drug-likeness (QED) is 0.670. The molecule has 1 aromatic carbocycles. The molecule has 108 valence electrons. The molecule has 2 aromatic rings. The average Bonchev–Trinajstić information content (AvgIpc) is 2.49. The molecule has 0 aliphatic carbocycles. The second-order valence-electron chi connectivity index (χ2n) is 4.03. The van der Waals surface area contributed by atoms with Gasteiger partial charge in [-0.15, -0.1) is 0 Å². The molecule has 1 N–H and O–H groups in total. The van der Waals surface area contributed by atoms with Gasteiger partial charge in [0.05, 0.1) is 4.92 Å². The first kappa shape index (κ1) is 14.4. The number of benzene rings is 1. The Kier molecular flexibility index (Phi) is 4.45. The molecule has 0 amide bonds. The molecular formula is C14H14N4O3. The Hall–Kier alpha value is -2.96. The first-order valence-electron chi connectivity index (χ1n) is 6.24. The maximum atomic E-state index is 11.0. The number of nitrogens with one attached hydrogen (secondary N) is 1. The Balaban J connectivity index is 2.45. The number of nitro groups is 1.